The fourth-order valence-corrected chi connectivity index (χ4v) is 3.76. The molecular formula is C15H17BrO2S. The molecule has 0 radical (unpaired) electrons. The third-order valence-electron chi connectivity index (χ3n) is 3.41. The number of aryl methyl sites for hydroxylation is 1. The number of benzene rings is 1. The predicted octanol–water partition coefficient (Wildman–Crippen LogP) is 3.28. The normalized spacial score (nSPS) is 11.8. The standard InChI is InChI=1S/C15H17BrO2S/c1-11-2-4-12(5-3-11)15(9-17,10-18)8-13-6-7-14(16)19-13/h2-7,17-18H,8-10H2,1H3. The lowest BCUT2D eigenvalue weighted by Gasteiger charge is -2.30. The van der Waals surface area contributed by atoms with Crippen LogP contribution >= 0.6 is 27.3 Å². The van der Waals surface area contributed by atoms with Crippen molar-refractivity contribution in [3.63, 3.8) is 0 Å². The van der Waals surface area contributed by atoms with Gasteiger partial charge in [-0.15, -0.1) is 11.3 Å². The van der Waals surface area contributed by atoms with E-state index in [-0.39, 0.29) is 13.2 Å². The molecule has 0 bridgehead atoms. The number of aliphatic hydroxyl groups excluding tert-OH is 2. The van der Waals surface area contributed by atoms with Gasteiger partial charge in [0, 0.05) is 10.3 Å². The third kappa shape index (κ3) is 3.26. The summed E-state index contributed by atoms with van der Waals surface area (Å²) in [6, 6.07) is 12.0. The molecule has 4 heteroatoms. The van der Waals surface area contributed by atoms with E-state index in [9.17, 15) is 10.2 Å². The number of hydrogen-bond donors (Lipinski definition) is 2. The van der Waals surface area contributed by atoms with Crippen molar-refractivity contribution in [2.75, 3.05) is 13.2 Å². The monoisotopic (exact) mass is 340 g/mol. The van der Waals surface area contributed by atoms with Crippen molar-refractivity contribution >= 4 is 27.3 Å². The minimum Gasteiger partial charge on any atom is -0.395 e. The molecule has 2 nitrogen and oxygen atoms in total. The highest BCUT2D eigenvalue weighted by molar-refractivity contribution is 9.11. The average molecular weight is 341 g/mol. The Hall–Kier alpha value is -0.680. The van der Waals surface area contributed by atoms with E-state index in [0.717, 1.165) is 14.2 Å². The topological polar surface area (TPSA) is 40.5 Å². The summed E-state index contributed by atoms with van der Waals surface area (Å²) in [6.45, 7) is 1.89. The Balaban J connectivity index is 2.33. The van der Waals surface area contributed by atoms with E-state index in [0.29, 0.717) is 6.42 Å². The summed E-state index contributed by atoms with van der Waals surface area (Å²) in [5.74, 6) is 0. The van der Waals surface area contributed by atoms with Crippen molar-refractivity contribution in [3.05, 3.63) is 56.2 Å². The SMILES string of the molecule is Cc1ccc(C(CO)(CO)Cc2ccc(Br)s2)cc1. The van der Waals surface area contributed by atoms with E-state index in [1.807, 2.05) is 43.3 Å². The van der Waals surface area contributed by atoms with Gasteiger partial charge < -0.3 is 10.2 Å². The number of hydrogen-bond acceptors (Lipinski definition) is 3. The Labute approximate surface area is 125 Å². The van der Waals surface area contributed by atoms with E-state index in [4.69, 9.17) is 0 Å². The van der Waals surface area contributed by atoms with Gasteiger partial charge in [0.1, 0.15) is 0 Å². The van der Waals surface area contributed by atoms with Gasteiger partial charge in [0.25, 0.3) is 0 Å². The van der Waals surface area contributed by atoms with Crippen LogP contribution in [0.25, 0.3) is 0 Å². The number of rotatable bonds is 5. The predicted molar refractivity (Wildman–Crippen MR) is 82.8 cm³/mol. The maximum absolute atomic E-state index is 9.80. The van der Waals surface area contributed by atoms with Gasteiger partial charge in [0.05, 0.1) is 17.0 Å². The zero-order chi connectivity index (χ0) is 13.9. The van der Waals surface area contributed by atoms with Crippen LogP contribution in [-0.4, -0.2) is 23.4 Å². The molecule has 0 aliphatic heterocycles. The second kappa shape index (κ2) is 6.18. The third-order valence-corrected chi connectivity index (χ3v) is 5.03. The van der Waals surface area contributed by atoms with Gasteiger partial charge in [-0.05, 0) is 47.0 Å². The molecule has 0 amide bonds. The fraction of sp³-hybridized carbons (Fsp3) is 0.333. The van der Waals surface area contributed by atoms with Gasteiger partial charge in [-0.1, -0.05) is 29.8 Å². The number of thiophene rings is 1. The van der Waals surface area contributed by atoms with Crippen LogP contribution < -0.4 is 0 Å². The zero-order valence-electron chi connectivity index (χ0n) is 10.8. The molecule has 2 rings (SSSR count). The molecule has 0 atom stereocenters. The molecule has 0 aliphatic carbocycles. The van der Waals surface area contributed by atoms with Crippen molar-refractivity contribution in [1.29, 1.82) is 0 Å². The lowest BCUT2D eigenvalue weighted by molar-refractivity contribution is 0.117. The maximum Gasteiger partial charge on any atom is 0.0701 e. The summed E-state index contributed by atoms with van der Waals surface area (Å²) < 4.78 is 1.07. The first-order valence-electron chi connectivity index (χ1n) is 6.13. The first-order valence-corrected chi connectivity index (χ1v) is 7.74. The van der Waals surface area contributed by atoms with E-state index in [2.05, 4.69) is 15.9 Å². The second-order valence-electron chi connectivity index (χ2n) is 4.85. The van der Waals surface area contributed by atoms with Crippen LogP contribution in [0.3, 0.4) is 0 Å². The van der Waals surface area contributed by atoms with Crippen LogP contribution in [0.5, 0.6) is 0 Å². The molecule has 1 heterocycles. The van der Waals surface area contributed by atoms with Gasteiger partial charge in [-0.3, -0.25) is 0 Å². The Kier molecular flexibility index (Phi) is 4.79. The Morgan fingerprint density at radius 2 is 1.68 bits per heavy atom. The molecule has 1 aromatic carbocycles. The lowest BCUT2D eigenvalue weighted by atomic mass is 9.78. The Morgan fingerprint density at radius 1 is 1.05 bits per heavy atom. The van der Waals surface area contributed by atoms with Gasteiger partial charge in [0.15, 0.2) is 0 Å². The molecule has 0 fully saturated rings. The molecule has 0 saturated carbocycles. The minimum atomic E-state index is -0.613. The molecule has 0 saturated heterocycles. The first-order chi connectivity index (χ1) is 9.09. The smallest absolute Gasteiger partial charge is 0.0701 e. The molecule has 2 aromatic rings. The average Bonchev–Trinajstić information content (AvgIpc) is 2.82. The zero-order valence-corrected chi connectivity index (χ0v) is 13.2. The molecule has 102 valence electrons. The van der Waals surface area contributed by atoms with Gasteiger partial charge >= 0.3 is 0 Å². The fourth-order valence-electron chi connectivity index (χ4n) is 2.13. The van der Waals surface area contributed by atoms with E-state index in [1.54, 1.807) is 11.3 Å². The Morgan fingerprint density at radius 3 is 2.16 bits per heavy atom. The lowest BCUT2D eigenvalue weighted by Crippen LogP contribution is -2.37. The van der Waals surface area contributed by atoms with Crippen LogP contribution in [0.2, 0.25) is 0 Å². The van der Waals surface area contributed by atoms with Crippen molar-refractivity contribution in [2.24, 2.45) is 0 Å². The van der Waals surface area contributed by atoms with Gasteiger partial charge in [-0.2, -0.15) is 0 Å². The number of aliphatic hydroxyl groups is 2. The molecule has 2 N–H and O–H groups in total. The number of halogens is 1. The van der Waals surface area contributed by atoms with E-state index >= 15 is 0 Å². The molecule has 0 aliphatic rings. The summed E-state index contributed by atoms with van der Waals surface area (Å²) >= 11 is 5.08. The van der Waals surface area contributed by atoms with Crippen LogP contribution in [0.1, 0.15) is 16.0 Å². The summed E-state index contributed by atoms with van der Waals surface area (Å²) in [5, 5.41) is 19.6. The van der Waals surface area contributed by atoms with E-state index in [1.165, 1.54) is 5.56 Å². The van der Waals surface area contributed by atoms with Crippen LogP contribution in [0, 0.1) is 6.92 Å². The molecular weight excluding hydrogens is 324 g/mol. The highest BCUT2D eigenvalue weighted by Crippen LogP contribution is 2.32. The molecule has 19 heavy (non-hydrogen) atoms. The highest BCUT2D eigenvalue weighted by atomic mass is 79.9. The summed E-state index contributed by atoms with van der Waals surface area (Å²) in [6.07, 6.45) is 0.638. The molecule has 0 spiro atoms. The van der Waals surface area contributed by atoms with Crippen LogP contribution in [0.15, 0.2) is 40.2 Å². The summed E-state index contributed by atoms with van der Waals surface area (Å²) in [4.78, 5) is 1.15. The van der Waals surface area contributed by atoms with E-state index < -0.39 is 5.41 Å². The van der Waals surface area contributed by atoms with Crippen molar-refractivity contribution in [2.45, 2.75) is 18.8 Å². The maximum atomic E-state index is 9.80. The van der Waals surface area contributed by atoms with Gasteiger partial charge in [-0.25, -0.2) is 0 Å². The van der Waals surface area contributed by atoms with Crippen LogP contribution in [-0.2, 0) is 11.8 Å². The minimum absolute atomic E-state index is 0.0674. The van der Waals surface area contributed by atoms with Crippen molar-refractivity contribution in [3.8, 4) is 0 Å². The summed E-state index contributed by atoms with van der Waals surface area (Å²) in [5.41, 5.74) is 1.54. The van der Waals surface area contributed by atoms with Gasteiger partial charge in [0.2, 0.25) is 0 Å². The molecule has 1 aromatic heterocycles. The second-order valence-corrected chi connectivity index (χ2v) is 7.39. The first kappa shape index (κ1) is 14.7. The van der Waals surface area contributed by atoms with Crippen LogP contribution in [0.4, 0.5) is 0 Å². The Bertz CT molecular complexity index is 529. The van der Waals surface area contributed by atoms with Crippen molar-refractivity contribution in [1.82, 2.24) is 0 Å². The summed E-state index contributed by atoms with van der Waals surface area (Å²) in [7, 11) is 0. The quantitative estimate of drug-likeness (QED) is 0.876. The highest BCUT2D eigenvalue weighted by Gasteiger charge is 2.31. The largest absolute Gasteiger partial charge is 0.395 e. The van der Waals surface area contributed by atoms with Crippen molar-refractivity contribution < 1.29 is 10.2 Å². The molecule has 0 unspecified atom stereocenters.